The minimum absolute atomic E-state index is 0.194. The predicted molar refractivity (Wildman–Crippen MR) is 70.7 cm³/mol. The molecule has 1 heterocycles. The van der Waals surface area contributed by atoms with E-state index in [1.807, 2.05) is 6.07 Å². The Morgan fingerprint density at radius 3 is 3.12 bits per heavy atom. The summed E-state index contributed by atoms with van der Waals surface area (Å²) in [5, 5.41) is 5.46. The molecule has 1 amide bonds. The summed E-state index contributed by atoms with van der Waals surface area (Å²) in [7, 11) is 0. The lowest BCUT2D eigenvalue weighted by Gasteiger charge is -2.38. The summed E-state index contributed by atoms with van der Waals surface area (Å²) < 4.78 is 0. The average molecular weight is 252 g/mol. The number of rotatable bonds is 4. The molecule has 1 saturated carbocycles. The fraction of sp³-hybridized carbons (Fsp3) is 0.615. The van der Waals surface area contributed by atoms with Gasteiger partial charge in [-0.25, -0.2) is 0 Å². The van der Waals surface area contributed by atoms with E-state index in [4.69, 9.17) is 5.73 Å². The van der Waals surface area contributed by atoms with Crippen molar-refractivity contribution in [3.05, 3.63) is 22.4 Å². The smallest absolute Gasteiger partial charge is 0.237 e. The van der Waals surface area contributed by atoms with Crippen LogP contribution >= 0.6 is 11.3 Å². The lowest BCUT2D eigenvalue weighted by Crippen LogP contribution is -2.57. The molecular formula is C13H20N2OS. The number of hydrogen-bond donors (Lipinski definition) is 2. The molecule has 2 unspecified atom stereocenters. The summed E-state index contributed by atoms with van der Waals surface area (Å²) in [5.74, 6) is 0.382. The third kappa shape index (κ3) is 2.87. The average Bonchev–Trinajstić information content (AvgIpc) is 2.79. The normalized spacial score (nSPS) is 29.1. The first-order valence-corrected chi connectivity index (χ1v) is 7.08. The van der Waals surface area contributed by atoms with E-state index in [1.165, 1.54) is 11.3 Å². The van der Waals surface area contributed by atoms with Gasteiger partial charge in [-0.15, -0.1) is 11.3 Å². The van der Waals surface area contributed by atoms with Crippen LogP contribution in [0.5, 0.6) is 0 Å². The SMILES string of the molecule is CC1CCCC(NCc2cccs2)(C(N)=O)C1. The molecule has 0 aliphatic heterocycles. The van der Waals surface area contributed by atoms with Crippen molar-refractivity contribution in [1.29, 1.82) is 0 Å². The number of nitrogens with two attached hydrogens (primary N) is 1. The van der Waals surface area contributed by atoms with Gasteiger partial charge in [0.15, 0.2) is 0 Å². The first-order chi connectivity index (χ1) is 8.12. The number of nitrogens with one attached hydrogen (secondary N) is 1. The molecule has 1 aromatic rings. The van der Waals surface area contributed by atoms with Crippen molar-refractivity contribution >= 4 is 17.2 Å². The largest absolute Gasteiger partial charge is 0.368 e. The lowest BCUT2D eigenvalue weighted by atomic mass is 9.76. The third-order valence-electron chi connectivity index (χ3n) is 3.65. The van der Waals surface area contributed by atoms with E-state index in [9.17, 15) is 4.79 Å². The second-order valence-electron chi connectivity index (χ2n) is 5.08. The Balaban J connectivity index is 2.03. The third-order valence-corrected chi connectivity index (χ3v) is 4.53. The summed E-state index contributed by atoms with van der Waals surface area (Å²) >= 11 is 1.71. The van der Waals surface area contributed by atoms with Gasteiger partial charge in [-0.3, -0.25) is 10.1 Å². The van der Waals surface area contributed by atoms with Gasteiger partial charge < -0.3 is 5.73 Å². The Morgan fingerprint density at radius 1 is 1.71 bits per heavy atom. The summed E-state index contributed by atoms with van der Waals surface area (Å²) in [6.45, 7) is 2.94. The van der Waals surface area contributed by atoms with Crippen molar-refractivity contribution in [2.45, 2.75) is 44.7 Å². The molecular weight excluding hydrogens is 232 g/mol. The molecule has 3 N–H and O–H groups in total. The molecule has 1 fully saturated rings. The predicted octanol–water partition coefficient (Wildman–Crippen LogP) is 2.27. The fourth-order valence-electron chi connectivity index (χ4n) is 2.69. The minimum atomic E-state index is -0.484. The van der Waals surface area contributed by atoms with Gasteiger partial charge in [-0.05, 0) is 30.2 Å². The number of primary amides is 1. The molecule has 0 saturated heterocycles. The second-order valence-corrected chi connectivity index (χ2v) is 6.11. The van der Waals surface area contributed by atoms with Gasteiger partial charge >= 0.3 is 0 Å². The summed E-state index contributed by atoms with van der Waals surface area (Å²) in [5.41, 5.74) is 5.12. The zero-order valence-corrected chi connectivity index (χ0v) is 11.1. The van der Waals surface area contributed by atoms with Gasteiger partial charge in [0.25, 0.3) is 0 Å². The van der Waals surface area contributed by atoms with E-state index in [0.29, 0.717) is 5.92 Å². The molecule has 94 valence electrons. The van der Waals surface area contributed by atoms with Crippen molar-refractivity contribution in [3.8, 4) is 0 Å². The minimum Gasteiger partial charge on any atom is -0.368 e. The van der Waals surface area contributed by atoms with Crippen LogP contribution in [0.2, 0.25) is 0 Å². The Morgan fingerprint density at radius 2 is 2.53 bits per heavy atom. The zero-order chi connectivity index (χ0) is 12.3. The van der Waals surface area contributed by atoms with Crippen LogP contribution < -0.4 is 11.1 Å². The fourth-order valence-corrected chi connectivity index (χ4v) is 3.34. The molecule has 4 heteroatoms. The van der Waals surface area contributed by atoms with Crippen LogP contribution in [0.1, 0.15) is 37.5 Å². The number of thiophene rings is 1. The quantitative estimate of drug-likeness (QED) is 0.863. The maximum atomic E-state index is 11.7. The number of carbonyl (C=O) groups is 1. The van der Waals surface area contributed by atoms with Gasteiger partial charge in [-0.2, -0.15) is 0 Å². The van der Waals surface area contributed by atoms with Crippen molar-refractivity contribution < 1.29 is 4.79 Å². The van der Waals surface area contributed by atoms with Crippen molar-refractivity contribution in [3.63, 3.8) is 0 Å². The van der Waals surface area contributed by atoms with Crippen molar-refractivity contribution in [2.24, 2.45) is 11.7 Å². The van der Waals surface area contributed by atoms with Gasteiger partial charge in [0.2, 0.25) is 5.91 Å². The first-order valence-electron chi connectivity index (χ1n) is 6.20. The van der Waals surface area contributed by atoms with E-state index in [1.54, 1.807) is 11.3 Å². The molecule has 2 rings (SSSR count). The van der Waals surface area contributed by atoms with E-state index in [-0.39, 0.29) is 5.91 Å². The molecule has 2 atom stereocenters. The Bertz CT molecular complexity index is 377. The van der Waals surface area contributed by atoms with Gasteiger partial charge in [0.1, 0.15) is 0 Å². The molecule has 0 bridgehead atoms. The molecule has 1 aliphatic carbocycles. The molecule has 1 aromatic heterocycles. The number of carbonyl (C=O) groups excluding carboxylic acids is 1. The van der Waals surface area contributed by atoms with Crippen LogP contribution in [0.4, 0.5) is 0 Å². The number of amides is 1. The topological polar surface area (TPSA) is 55.1 Å². The van der Waals surface area contributed by atoms with Crippen LogP contribution in [0.3, 0.4) is 0 Å². The van der Waals surface area contributed by atoms with Crippen molar-refractivity contribution in [2.75, 3.05) is 0 Å². The highest BCUT2D eigenvalue weighted by atomic mass is 32.1. The van der Waals surface area contributed by atoms with Crippen LogP contribution in [0, 0.1) is 5.92 Å². The van der Waals surface area contributed by atoms with E-state index in [0.717, 1.165) is 25.8 Å². The van der Waals surface area contributed by atoms with Crippen LogP contribution in [-0.4, -0.2) is 11.4 Å². The zero-order valence-electron chi connectivity index (χ0n) is 10.2. The summed E-state index contributed by atoms with van der Waals surface area (Å²) in [4.78, 5) is 13.0. The standard InChI is InChI=1S/C13H20N2OS/c1-10-4-2-6-13(8-10,12(14)16)15-9-11-5-3-7-17-11/h3,5,7,10,15H,2,4,6,8-9H2,1H3,(H2,14,16). The van der Waals surface area contributed by atoms with Crippen molar-refractivity contribution in [1.82, 2.24) is 5.32 Å². The van der Waals surface area contributed by atoms with Gasteiger partial charge in [0.05, 0.1) is 5.54 Å². The Labute approximate surface area is 106 Å². The second kappa shape index (κ2) is 5.19. The highest BCUT2D eigenvalue weighted by Gasteiger charge is 2.39. The van der Waals surface area contributed by atoms with E-state index < -0.39 is 5.54 Å². The maximum Gasteiger partial charge on any atom is 0.237 e. The summed E-state index contributed by atoms with van der Waals surface area (Å²) in [6, 6.07) is 4.11. The van der Waals surface area contributed by atoms with Crippen LogP contribution in [0.15, 0.2) is 17.5 Å². The van der Waals surface area contributed by atoms with E-state index in [2.05, 4.69) is 23.7 Å². The molecule has 1 aliphatic rings. The monoisotopic (exact) mass is 252 g/mol. The molecule has 0 radical (unpaired) electrons. The van der Waals surface area contributed by atoms with Crippen LogP contribution in [0.25, 0.3) is 0 Å². The lowest BCUT2D eigenvalue weighted by molar-refractivity contribution is -0.126. The molecule has 0 spiro atoms. The summed E-state index contributed by atoms with van der Waals surface area (Å²) in [6.07, 6.45) is 4.03. The Hall–Kier alpha value is -0.870. The van der Waals surface area contributed by atoms with E-state index >= 15 is 0 Å². The highest BCUT2D eigenvalue weighted by Crippen LogP contribution is 2.32. The highest BCUT2D eigenvalue weighted by molar-refractivity contribution is 7.09. The molecule has 0 aromatic carbocycles. The maximum absolute atomic E-state index is 11.7. The molecule has 17 heavy (non-hydrogen) atoms. The van der Waals surface area contributed by atoms with Gasteiger partial charge in [-0.1, -0.05) is 25.8 Å². The van der Waals surface area contributed by atoms with Gasteiger partial charge in [0, 0.05) is 11.4 Å². The first kappa shape index (κ1) is 12.6. The molecule has 3 nitrogen and oxygen atoms in total. The number of hydrogen-bond acceptors (Lipinski definition) is 3. The van der Waals surface area contributed by atoms with Crippen LogP contribution in [-0.2, 0) is 11.3 Å². The Kier molecular flexibility index (Phi) is 3.84.